The third kappa shape index (κ3) is 6.17. The normalized spacial score (nSPS) is 11.0. The first-order chi connectivity index (χ1) is 17.4. The van der Waals surface area contributed by atoms with Gasteiger partial charge in [-0.2, -0.15) is 0 Å². The van der Waals surface area contributed by atoms with Crippen molar-refractivity contribution in [1.29, 1.82) is 0 Å². The molecule has 190 valence electrons. The van der Waals surface area contributed by atoms with Crippen molar-refractivity contribution in [2.24, 2.45) is 0 Å². The van der Waals surface area contributed by atoms with Gasteiger partial charge in [-0.15, -0.1) is 0 Å². The van der Waals surface area contributed by atoms with Crippen LogP contribution in [0.2, 0.25) is 0 Å². The molecule has 0 aliphatic carbocycles. The highest BCUT2D eigenvalue weighted by Gasteiger charge is 2.17. The number of carbonyl (C=O) groups excluding carboxylic acids is 1. The van der Waals surface area contributed by atoms with Crippen LogP contribution < -0.4 is 23.7 Å². The lowest BCUT2D eigenvalue weighted by Crippen LogP contribution is -2.20. The third-order valence-corrected chi connectivity index (χ3v) is 5.61. The Morgan fingerprint density at radius 3 is 2.17 bits per heavy atom. The lowest BCUT2D eigenvalue weighted by Gasteiger charge is -2.15. The molecule has 0 saturated heterocycles. The van der Waals surface area contributed by atoms with Crippen molar-refractivity contribution < 1.29 is 28.5 Å². The maximum atomic E-state index is 13.4. The molecule has 0 heterocycles. The van der Waals surface area contributed by atoms with Crippen LogP contribution in [0.5, 0.6) is 28.7 Å². The molecule has 0 fully saturated rings. The van der Waals surface area contributed by atoms with Gasteiger partial charge in [-0.05, 0) is 62.1 Å². The quantitative estimate of drug-likeness (QED) is 0.254. The van der Waals surface area contributed by atoms with Crippen molar-refractivity contribution in [1.82, 2.24) is 4.90 Å². The van der Waals surface area contributed by atoms with Gasteiger partial charge in [-0.1, -0.05) is 24.3 Å². The summed E-state index contributed by atoms with van der Waals surface area (Å²) in [6.45, 7) is 1.18. The number of ketones is 1. The first-order valence-electron chi connectivity index (χ1n) is 11.5. The van der Waals surface area contributed by atoms with E-state index >= 15 is 0 Å². The van der Waals surface area contributed by atoms with Crippen molar-refractivity contribution in [2.75, 3.05) is 55.7 Å². The number of rotatable bonds is 12. The summed E-state index contributed by atoms with van der Waals surface area (Å²) < 4.78 is 27.9. The van der Waals surface area contributed by atoms with Gasteiger partial charge in [0.1, 0.15) is 18.1 Å². The lowest BCUT2D eigenvalue weighted by molar-refractivity contribution is 0.104. The van der Waals surface area contributed by atoms with E-state index in [2.05, 4.69) is 0 Å². The number of para-hydroxylation sites is 1. The zero-order chi connectivity index (χ0) is 26.1. The van der Waals surface area contributed by atoms with Gasteiger partial charge in [0.2, 0.25) is 5.75 Å². The van der Waals surface area contributed by atoms with E-state index in [1.807, 2.05) is 67.5 Å². The van der Waals surface area contributed by atoms with Crippen LogP contribution in [0.15, 0.2) is 60.7 Å². The molecule has 0 aliphatic heterocycles. The predicted octanol–water partition coefficient (Wildman–Crippen LogP) is 5.22. The molecule has 0 aromatic heterocycles. The zero-order valence-electron chi connectivity index (χ0n) is 21.7. The molecule has 0 spiro atoms. The number of nitrogens with zero attached hydrogens (tertiary/aromatic N) is 1. The molecule has 36 heavy (non-hydrogen) atoms. The Labute approximate surface area is 212 Å². The number of hydrogen-bond donors (Lipinski definition) is 0. The van der Waals surface area contributed by atoms with Crippen LogP contribution in [0.1, 0.15) is 15.9 Å². The van der Waals surface area contributed by atoms with Gasteiger partial charge in [-0.25, -0.2) is 0 Å². The van der Waals surface area contributed by atoms with E-state index in [-0.39, 0.29) is 5.78 Å². The second kappa shape index (κ2) is 12.7. The molecule has 7 nitrogen and oxygen atoms in total. The number of benzene rings is 3. The van der Waals surface area contributed by atoms with Crippen molar-refractivity contribution in [3.8, 4) is 39.9 Å². The number of carbonyl (C=O) groups is 1. The highest BCUT2D eigenvalue weighted by molar-refractivity contribution is 6.09. The largest absolute Gasteiger partial charge is 0.496 e. The van der Waals surface area contributed by atoms with Gasteiger partial charge in [0.25, 0.3) is 0 Å². The van der Waals surface area contributed by atoms with Crippen molar-refractivity contribution >= 4 is 11.9 Å². The molecule has 0 radical (unpaired) electrons. The Kier molecular flexibility index (Phi) is 9.36. The third-order valence-electron chi connectivity index (χ3n) is 5.61. The number of ether oxygens (including phenoxy) is 5. The highest BCUT2D eigenvalue weighted by atomic mass is 16.5. The molecule has 3 aromatic carbocycles. The van der Waals surface area contributed by atoms with Gasteiger partial charge in [-0.3, -0.25) is 4.79 Å². The molecular weight excluding hydrogens is 458 g/mol. The second-order valence-electron chi connectivity index (χ2n) is 8.18. The molecule has 0 amide bonds. The van der Waals surface area contributed by atoms with E-state index in [1.54, 1.807) is 40.6 Å². The second-order valence-corrected chi connectivity index (χ2v) is 8.18. The van der Waals surface area contributed by atoms with E-state index in [1.165, 1.54) is 6.08 Å². The van der Waals surface area contributed by atoms with E-state index in [4.69, 9.17) is 23.7 Å². The molecule has 0 saturated carbocycles. The van der Waals surface area contributed by atoms with Crippen molar-refractivity contribution in [2.45, 2.75) is 0 Å². The summed E-state index contributed by atoms with van der Waals surface area (Å²) in [5, 5.41) is 0. The Balaban J connectivity index is 2.01. The fourth-order valence-electron chi connectivity index (χ4n) is 3.75. The maximum Gasteiger partial charge on any atom is 0.203 e. The van der Waals surface area contributed by atoms with Gasteiger partial charge in [0, 0.05) is 17.7 Å². The first-order valence-corrected chi connectivity index (χ1v) is 11.5. The van der Waals surface area contributed by atoms with Crippen LogP contribution in [0.3, 0.4) is 0 Å². The van der Waals surface area contributed by atoms with E-state index in [9.17, 15) is 4.79 Å². The summed E-state index contributed by atoms with van der Waals surface area (Å²) in [6, 6.07) is 16.9. The van der Waals surface area contributed by atoms with Crippen molar-refractivity contribution in [3.63, 3.8) is 0 Å². The molecule has 3 rings (SSSR count). The van der Waals surface area contributed by atoms with Gasteiger partial charge in [0.05, 0.1) is 34.0 Å². The summed E-state index contributed by atoms with van der Waals surface area (Å²) in [7, 11) is 10.2. The standard InChI is InChI=1S/C29H33NO6/c1-30(2)17-18-36-26-15-13-21(22-9-7-8-10-25(22)32-3)19-23(26)24(31)14-11-20-12-16-27(33-4)29(35-6)28(20)34-5/h7-16,19H,17-18H2,1-6H3/b14-11+. The fourth-order valence-corrected chi connectivity index (χ4v) is 3.75. The molecule has 0 N–H and O–H groups in total. The molecule has 0 aliphatic rings. The minimum absolute atomic E-state index is 0.205. The summed E-state index contributed by atoms with van der Waals surface area (Å²) >= 11 is 0. The van der Waals surface area contributed by atoms with E-state index in [0.29, 0.717) is 40.7 Å². The number of allylic oxidation sites excluding steroid dienone is 1. The SMILES string of the molecule is COc1ccccc1-c1ccc(OCCN(C)C)c(C(=O)/C=C/c2ccc(OC)c(OC)c2OC)c1. The highest BCUT2D eigenvalue weighted by Crippen LogP contribution is 2.40. The van der Waals surface area contributed by atoms with Crippen LogP contribution in [-0.2, 0) is 0 Å². The number of methoxy groups -OCH3 is 4. The summed E-state index contributed by atoms with van der Waals surface area (Å²) in [4.78, 5) is 15.5. The Morgan fingerprint density at radius 2 is 1.50 bits per heavy atom. The maximum absolute atomic E-state index is 13.4. The minimum atomic E-state index is -0.205. The van der Waals surface area contributed by atoms with Crippen LogP contribution in [-0.4, -0.2) is 66.4 Å². The Morgan fingerprint density at radius 1 is 0.806 bits per heavy atom. The molecule has 0 atom stereocenters. The van der Waals surface area contributed by atoms with Crippen LogP contribution >= 0.6 is 0 Å². The Hall–Kier alpha value is -3.97. The molecule has 0 unspecified atom stereocenters. The minimum Gasteiger partial charge on any atom is -0.496 e. The molecule has 3 aromatic rings. The first kappa shape index (κ1) is 26.6. The monoisotopic (exact) mass is 491 g/mol. The smallest absolute Gasteiger partial charge is 0.203 e. The van der Waals surface area contributed by atoms with Crippen LogP contribution in [0.4, 0.5) is 0 Å². The fraction of sp³-hybridized carbons (Fsp3) is 0.276. The van der Waals surface area contributed by atoms with Gasteiger partial charge in [0.15, 0.2) is 17.3 Å². The van der Waals surface area contributed by atoms with Gasteiger partial charge < -0.3 is 28.6 Å². The number of likely N-dealkylation sites (N-methyl/N-ethyl adjacent to an activating group) is 1. The van der Waals surface area contributed by atoms with Crippen LogP contribution in [0, 0.1) is 0 Å². The topological polar surface area (TPSA) is 66.5 Å². The summed E-state index contributed by atoms with van der Waals surface area (Å²) in [5.74, 6) is 2.51. The zero-order valence-corrected chi connectivity index (χ0v) is 21.7. The average molecular weight is 492 g/mol. The van der Waals surface area contributed by atoms with Crippen molar-refractivity contribution in [3.05, 3.63) is 71.8 Å². The average Bonchev–Trinajstić information content (AvgIpc) is 2.90. The van der Waals surface area contributed by atoms with E-state index < -0.39 is 0 Å². The molecular formula is C29H33NO6. The predicted molar refractivity (Wildman–Crippen MR) is 142 cm³/mol. The number of hydrogen-bond acceptors (Lipinski definition) is 7. The Bertz CT molecular complexity index is 1220. The van der Waals surface area contributed by atoms with Gasteiger partial charge >= 0.3 is 0 Å². The van der Waals surface area contributed by atoms with E-state index in [0.717, 1.165) is 23.4 Å². The van der Waals surface area contributed by atoms with Crippen LogP contribution in [0.25, 0.3) is 17.2 Å². The summed E-state index contributed by atoms with van der Waals surface area (Å²) in [5.41, 5.74) is 2.87. The lowest BCUT2D eigenvalue weighted by atomic mass is 9.99. The summed E-state index contributed by atoms with van der Waals surface area (Å²) in [6.07, 6.45) is 3.20. The molecule has 7 heteroatoms. The molecule has 0 bridgehead atoms.